The van der Waals surface area contributed by atoms with E-state index in [-0.39, 0.29) is 104 Å². The summed E-state index contributed by atoms with van der Waals surface area (Å²) in [4.78, 5) is 0. The van der Waals surface area contributed by atoms with Gasteiger partial charge in [0.05, 0.1) is 0 Å². The summed E-state index contributed by atoms with van der Waals surface area (Å²) in [5.41, 5.74) is 0. The molecule has 0 bridgehead atoms. The summed E-state index contributed by atoms with van der Waals surface area (Å²) < 4.78 is 0. The van der Waals surface area contributed by atoms with Gasteiger partial charge in [-0.25, -0.2) is 0 Å². The van der Waals surface area contributed by atoms with Crippen LogP contribution in [0.2, 0.25) is 0 Å². The Balaban J connectivity index is 0. The van der Waals surface area contributed by atoms with Crippen molar-refractivity contribution in [3.8, 4) is 0 Å². The molecular weight excluding hydrogens is 603 g/mol. The first-order valence-electron chi connectivity index (χ1n) is 0. The minimum Gasteiger partial charge on any atom is 0 e. The van der Waals surface area contributed by atoms with Crippen molar-refractivity contribution in [3.05, 3.63) is 0 Å². The average molecular weight is 603 g/mol. The summed E-state index contributed by atoms with van der Waals surface area (Å²) in [6, 6.07) is 0. The second-order valence-electron chi connectivity index (χ2n) is 0. The Hall–Kier alpha value is 3.45. The van der Waals surface area contributed by atoms with Gasteiger partial charge in [-0.3, -0.25) is 0 Å². The molecule has 4 heavy (non-hydrogen) atoms. The van der Waals surface area contributed by atoms with Crippen LogP contribution < -0.4 is 0 Å². The van der Waals surface area contributed by atoms with E-state index in [1.54, 1.807) is 0 Å². The Morgan fingerprint density at radius 1 is 1.00 bits per heavy atom. The molecule has 0 aliphatic rings. The van der Waals surface area contributed by atoms with Crippen LogP contribution in [-0.4, -0.2) is 0 Å². The van der Waals surface area contributed by atoms with Gasteiger partial charge in [0.2, 0.25) is 0 Å². The van der Waals surface area contributed by atoms with E-state index in [9.17, 15) is 0 Å². The largest absolute Gasteiger partial charge is 0 e. The van der Waals surface area contributed by atoms with E-state index in [1.807, 2.05) is 0 Å². The van der Waals surface area contributed by atoms with Gasteiger partial charge in [0.25, 0.3) is 0 Å². The fourth-order valence-corrected chi connectivity index (χ4v) is 0. The van der Waals surface area contributed by atoms with Crippen LogP contribution in [0.15, 0.2) is 0 Å². The molecule has 0 rings (SSSR count). The van der Waals surface area contributed by atoms with Gasteiger partial charge in [-0.15, -0.1) is 0 Å². The first-order valence-corrected chi connectivity index (χ1v) is 0. The molecule has 0 N–H and O–H groups in total. The Morgan fingerprint density at radius 2 is 1.00 bits per heavy atom. The molecule has 0 nitrogen and oxygen atoms in total. The van der Waals surface area contributed by atoms with Crippen LogP contribution in [0.4, 0.5) is 0 Å². The molecule has 3 radical (unpaired) electrons. The zero-order valence-corrected chi connectivity index (χ0v) is 13.7. The van der Waals surface area contributed by atoms with Crippen molar-refractivity contribution < 1.29 is 104 Å². The van der Waals surface area contributed by atoms with Crippen molar-refractivity contribution in [2.24, 2.45) is 0 Å². The molecule has 0 saturated heterocycles. The van der Waals surface area contributed by atoms with E-state index in [0.717, 1.165) is 0 Å². The van der Waals surface area contributed by atoms with E-state index >= 15 is 0 Å². The van der Waals surface area contributed by atoms with Crippen LogP contribution in [-0.2, 0) is 68.3 Å². The third kappa shape index (κ3) is 9.07. The Bertz CT molecular complexity index is 8.00. The molecule has 0 aromatic carbocycles. The van der Waals surface area contributed by atoms with Crippen LogP contribution in [0, 0.1) is 35.6 Å². The zero-order chi connectivity index (χ0) is 0. The second kappa shape index (κ2) is 16.1. The Kier molecular flexibility index (Phi) is 105. The maximum absolute atomic E-state index is 0. The van der Waals surface area contributed by atoms with E-state index in [2.05, 4.69) is 0 Å². The predicted octanol–water partition coefficient (Wildman–Crippen LogP) is -0.00750. The van der Waals surface area contributed by atoms with E-state index < -0.39 is 0 Å². The molecule has 4 heteroatoms. The number of hydrogen-bond acceptors (Lipinski definition) is 0. The van der Waals surface area contributed by atoms with Gasteiger partial charge in [-0.05, 0) is 0 Å². The van der Waals surface area contributed by atoms with Gasteiger partial charge in [0, 0.05) is 104 Å². The molecule has 0 amide bonds. The summed E-state index contributed by atoms with van der Waals surface area (Å²) >= 11 is 0. The minimum absolute atomic E-state index is 0. The Labute approximate surface area is 101 Å². The van der Waals surface area contributed by atoms with Crippen molar-refractivity contribution in [1.82, 2.24) is 0 Å². The zero-order valence-electron chi connectivity index (χ0n) is 1.86. The molecule has 0 unspecified atom stereocenters. The van der Waals surface area contributed by atoms with Gasteiger partial charge in [-0.2, -0.15) is 0 Å². The normalized spacial score (nSPS) is 0. The maximum atomic E-state index is 0. The molecule has 0 fully saturated rings. The van der Waals surface area contributed by atoms with Gasteiger partial charge in [0.1, 0.15) is 0 Å². The van der Waals surface area contributed by atoms with Gasteiger partial charge < -0.3 is 0 Å². The summed E-state index contributed by atoms with van der Waals surface area (Å²) in [6.07, 6.45) is 0. The molecular formula is HfIrLaNb. The summed E-state index contributed by atoms with van der Waals surface area (Å²) in [5.74, 6) is 0. The fraction of sp³-hybridized carbons (Fsp3) is 0. The summed E-state index contributed by atoms with van der Waals surface area (Å²) in [5, 5.41) is 0. The molecule has 0 aromatic heterocycles. The minimum atomic E-state index is 0. The van der Waals surface area contributed by atoms with Crippen molar-refractivity contribution in [1.29, 1.82) is 0 Å². The second-order valence-corrected chi connectivity index (χ2v) is 0. The molecule has 0 atom stereocenters. The van der Waals surface area contributed by atoms with Crippen LogP contribution >= 0.6 is 0 Å². The third-order valence-corrected chi connectivity index (χ3v) is 0. The number of rotatable bonds is 0. The number of hydrogen-bond donors (Lipinski definition) is 0. The topological polar surface area (TPSA) is 0 Å². The monoisotopic (exact) mass is 605 g/mol. The first-order chi connectivity index (χ1) is 0. The van der Waals surface area contributed by atoms with Crippen LogP contribution in [0.1, 0.15) is 0 Å². The van der Waals surface area contributed by atoms with Crippen LogP contribution in [0.25, 0.3) is 0 Å². The molecule has 0 heterocycles. The van der Waals surface area contributed by atoms with Crippen molar-refractivity contribution in [2.45, 2.75) is 0 Å². The molecule has 21 valence electrons. The fourth-order valence-electron chi connectivity index (χ4n) is 0. The molecule has 0 aromatic rings. The molecule has 0 spiro atoms. The van der Waals surface area contributed by atoms with E-state index in [4.69, 9.17) is 0 Å². The summed E-state index contributed by atoms with van der Waals surface area (Å²) in [7, 11) is 0. The smallest absolute Gasteiger partial charge is 0 e. The quantitative estimate of drug-likeness (QED) is 0.343. The first kappa shape index (κ1) is 26.0. The maximum Gasteiger partial charge on any atom is 0 e. The van der Waals surface area contributed by atoms with Gasteiger partial charge >= 0.3 is 0 Å². The molecule has 0 aliphatic heterocycles. The standard InChI is InChI=1S/Hf.Ir.La.Nb. The van der Waals surface area contributed by atoms with Gasteiger partial charge in [-0.1, -0.05) is 0 Å². The molecule has 0 saturated carbocycles. The van der Waals surface area contributed by atoms with E-state index in [0.29, 0.717) is 0 Å². The Morgan fingerprint density at radius 3 is 1.00 bits per heavy atom. The van der Waals surface area contributed by atoms with Crippen LogP contribution in [0.3, 0.4) is 0 Å². The molecule has 0 aliphatic carbocycles. The van der Waals surface area contributed by atoms with Crippen molar-refractivity contribution in [3.63, 3.8) is 0 Å². The van der Waals surface area contributed by atoms with Crippen molar-refractivity contribution in [2.75, 3.05) is 0 Å². The average Bonchev–Trinajstić information content (AvgIpc) is 0. The summed E-state index contributed by atoms with van der Waals surface area (Å²) in [6.45, 7) is 0. The predicted molar refractivity (Wildman–Crippen MR) is 0 cm³/mol. The van der Waals surface area contributed by atoms with E-state index in [1.165, 1.54) is 0 Å². The van der Waals surface area contributed by atoms with Crippen LogP contribution in [0.5, 0.6) is 0 Å². The van der Waals surface area contributed by atoms with Crippen molar-refractivity contribution >= 4 is 0 Å². The SMILES string of the molecule is [Hf].[Ir].[La].[Nb]. The third-order valence-electron chi connectivity index (χ3n) is 0. The van der Waals surface area contributed by atoms with Gasteiger partial charge in [0.15, 0.2) is 0 Å².